The van der Waals surface area contributed by atoms with Crippen molar-refractivity contribution < 1.29 is 19.2 Å². The largest absolute Gasteiger partial charge is 0.462 e. The van der Waals surface area contributed by atoms with Crippen LogP contribution in [0.4, 0.5) is 0 Å². The van der Waals surface area contributed by atoms with Gasteiger partial charge in [-0.05, 0) is 62.2 Å². The van der Waals surface area contributed by atoms with Gasteiger partial charge in [-0.3, -0.25) is 0 Å². The molecule has 1 aliphatic rings. The summed E-state index contributed by atoms with van der Waals surface area (Å²) in [6.07, 6.45) is 8.79. The first-order chi connectivity index (χ1) is 16.6. The first-order valence-electron chi connectivity index (χ1n) is 12.6. The van der Waals surface area contributed by atoms with Gasteiger partial charge in [0.1, 0.15) is 5.71 Å². The monoisotopic (exact) mass is 478 g/mol. The van der Waals surface area contributed by atoms with Crippen molar-refractivity contribution in [3.63, 3.8) is 0 Å². The van der Waals surface area contributed by atoms with E-state index in [2.05, 4.69) is 16.6 Å². The molecular formula is C29H38N2O4. The van der Waals surface area contributed by atoms with Crippen LogP contribution in [0.2, 0.25) is 0 Å². The van der Waals surface area contributed by atoms with E-state index in [4.69, 9.17) is 9.57 Å². The SMILES string of the molecule is CCCCCCCCOC(=O)c1ccc(-n2c(C)cc(C=C3C(=O)ON=C3C(C)(C)C)c2C)cc1. The molecule has 0 atom stereocenters. The number of carbonyl (C=O) groups is 2. The number of nitrogens with zero attached hydrogens (tertiary/aromatic N) is 2. The lowest BCUT2D eigenvalue weighted by molar-refractivity contribution is -0.136. The van der Waals surface area contributed by atoms with Gasteiger partial charge in [0.2, 0.25) is 0 Å². The molecule has 35 heavy (non-hydrogen) atoms. The predicted octanol–water partition coefficient (Wildman–Crippen LogP) is 6.95. The fourth-order valence-electron chi connectivity index (χ4n) is 4.31. The van der Waals surface area contributed by atoms with E-state index >= 15 is 0 Å². The van der Waals surface area contributed by atoms with Gasteiger partial charge in [-0.2, -0.15) is 0 Å². The van der Waals surface area contributed by atoms with E-state index in [1.54, 1.807) is 12.1 Å². The molecule has 0 N–H and O–H groups in total. The minimum absolute atomic E-state index is 0.287. The standard InChI is InChI=1S/C29H38N2O4/c1-7-8-9-10-11-12-17-34-27(32)22-13-15-24(16-14-22)31-20(2)18-23(21(31)3)19-25-26(29(4,5)6)30-35-28(25)33/h13-16,18-19H,7-12,17H2,1-6H3. The summed E-state index contributed by atoms with van der Waals surface area (Å²) < 4.78 is 7.55. The molecule has 0 bridgehead atoms. The molecule has 0 radical (unpaired) electrons. The Hall–Kier alpha value is -3.15. The van der Waals surface area contributed by atoms with Gasteiger partial charge in [0.25, 0.3) is 0 Å². The second kappa shape index (κ2) is 11.5. The van der Waals surface area contributed by atoms with E-state index in [1.807, 2.05) is 58.9 Å². The first kappa shape index (κ1) is 26.5. The molecule has 1 aliphatic heterocycles. The Balaban J connectivity index is 1.70. The summed E-state index contributed by atoms with van der Waals surface area (Å²) in [5.41, 5.74) is 5.26. The molecule has 0 amide bonds. The molecule has 0 fully saturated rings. The van der Waals surface area contributed by atoms with Crippen LogP contribution in [-0.4, -0.2) is 28.8 Å². The predicted molar refractivity (Wildman–Crippen MR) is 140 cm³/mol. The second-order valence-corrected chi connectivity index (χ2v) is 10.2. The van der Waals surface area contributed by atoms with Crippen LogP contribution in [0.5, 0.6) is 0 Å². The summed E-state index contributed by atoms with van der Waals surface area (Å²) in [5.74, 6) is -0.714. The van der Waals surface area contributed by atoms with E-state index in [9.17, 15) is 9.59 Å². The molecule has 2 aromatic rings. The lowest BCUT2D eigenvalue weighted by Crippen LogP contribution is -2.21. The molecule has 0 saturated heterocycles. The van der Waals surface area contributed by atoms with E-state index in [1.165, 1.54) is 25.7 Å². The van der Waals surface area contributed by atoms with E-state index in [0.29, 0.717) is 23.5 Å². The topological polar surface area (TPSA) is 69.9 Å². The molecule has 0 spiro atoms. The van der Waals surface area contributed by atoms with Gasteiger partial charge >= 0.3 is 11.9 Å². The molecule has 1 aromatic carbocycles. The Morgan fingerprint density at radius 1 is 1.06 bits per heavy atom. The van der Waals surface area contributed by atoms with Crippen LogP contribution in [0.1, 0.15) is 93.5 Å². The molecule has 1 aromatic heterocycles. The fourth-order valence-corrected chi connectivity index (χ4v) is 4.31. The number of esters is 1. The molecule has 0 saturated carbocycles. The van der Waals surface area contributed by atoms with E-state index in [0.717, 1.165) is 35.5 Å². The lowest BCUT2D eigenvalue weighted by atomic mass is 9.85. The molecule has 6 heteroatoms. The zero-order valence-electron chi connectivity index (χ0n) is 21.9. The number of carbonyl (C=O) groups excluding carboxylic acids is 2. The van der Waals surface area contributed by atoms with Gasteiger partial charge in [0, 0.05) is 22.5 Å². The normalized spacial score (nSPS) is 14.9. The number of aromatic nitrogens is 1. The van der Waals surface area contributed by atoms with Crippen LogP contribution in [-0.2, 0) is 14.4 Å². The van der Waals surface area contributed by atoms with Gasteiger partial charge in [-0.1, -0.05) is 65.0 Å². The van der Waals surface area contributed by atoms with Crippen LogP contribution in [0.15, 0.2) is 41.1 Å². The highest BCUT2D eigenvalue weighted by Crippen LogP contribution is 2.30. The van der Waals surface area contributed by atoms with Gasteiger partial charge in [-0.15, -0.1) is 0 Å². The molecule has 0 aliphatic carbocycles. The molecule has 0 unspecified atom stereocenters. The minimum Gasteiger partial charge on any atom is -0.462 e. The number of aryl methyl sites for hydroxylation is 1. The summed E-state index contributed by atoms with van der Waals surface area (Å²) in [4.78, 5) is 29.7. The third-order valence-electron chi connectivity index (χ3n) is 6.27. The Labute approximate surface area is 209 Å². The van der Waals surface area contributed by atoms with Crippen molar-refractivity contribution in [2.45, 2.75) is 80.1 Å². The first-order valence-corrected chi connectivity index (χ1v) is 12.6. The number of oxime groups is 1. The van der Waals surface area contributed by atoms with Crippen LogP contribution in [0.25, 0.3) is 11.8 Å². The molecule has 2 heterocycles. The maximum absolute atomic E-state index is 12.4. The van der Waals surface area contributed by atoms with Crippen molar-refractivity contribution in [2.24, 2.45) is 10.6 Å². The number of benzene rings is 1. The maximum Gasteiger partial charge on any atom is 0.367 e. The second-order valence-electron chi connectivity index (χ2n) is 10.2. The van der Waals surface area contributed by atoms with Crippen LogP contribution >= 0.6 is 0 Å². The zero-order valence-corrected chi connectivity index (χ0v) is 21.9. The number of unbranched alkanes of at least 4 members (excludes halogenated alkanes) is 5. The fraction of sp³-hybridized carbons (Fsp3) is 0.483. The Bertz CT molecular complexity index is 1110. The van der Waals surface area contributed by atoms with Crippen LogP contribution in [0.3, 0.4) is 0 Å². The number of hydrogen-bond donors (Lipinski definition) is 0. The number of ether oxygens (including phenoxy) is 1. The van der Waals surface area contributed by atoms with E-state index in [-0.39, 0.29) is 11.4 Å². The highest BCUT2D eigenvalue weighted by atomic mass is 16.7. The van der Waals surface area contributed by atoms with Crippen molar-refractivity contribution in [2.75, 3.05) is 6.61 Å². The summed E-state index contributed by atoms with van der Waals surface area (Å²) >= 11 is 0. The van der Waals surface area contributed by atoms with Crippen molar-refractivity contribution >= 4 is 23.7 Å². The lowest BCUT2D eigenvalue weighted by Gasteiger charge is -2.16. The molecule has 6 nitrogen and oxygen atoms in total. The van der Waals surface area contributed by atoms with Gasteiger partial charge in [-0.25, -0.2) is 9.59 Å². The molecule has 3 rings (SSSR count). The summed E-state index contributed by atoms with van der Waals surface area (Å²) in [6, 6.07) is 9.48. The Morgan fingerprint density at radius 3 is 2.37 bits per heavy atom. The van der Waals surface area contributed by atoms with E-state index < -0.39 is 5.97 Å². The third kappa shape index (κ3) is 6.50. The zero-order chi connectivity index (χ0) is 25.6. The number of rotatable bonds is 10. The Morgan fingerprint density at radius 2 is 1.71 bits per heavy atom. The molecule has 188 valence electrons. The third-order valence-corrected chi connectivity index (χ3v) is 6.27. The maximum atomic E-state index is 12.4. The van der Waals surface area contributed by atoms with Gasteiger partial charge < -0.3 is 14.1 Å². The Kier molecular flexibility index (Phi) is 8.71. The van der Waals surface area contributed by atoms with Crippen molar-refractivity contribution in [3.05, 3.63) is 58.4 Å². The average molecular weight is 479 g/mol. The summed E-state index contributed by atoms with van der Waals surface area (Å²) in [5, 5.41) is 4.00. The van der Waals surface area contributed by atoms with Crippen LogP contribution < -0.4 is 0 Å². The highest BCUT2D eigenvalue weighted by Gasteiger charge is 2.34. The number of hydrogen-bond acceptors (Lipinski definition) is 5. The summed E-state index contributed by atoms with van der Waals surface area (Å²) in [7, 11) is 0. The molecular weight excluding hydrogens is 440 g/mol. The quantitative estimate of drug-likeness (QED) is 0.160. The highest BCUT2D eigenvalue weighted by molar-refractivity contribution is 6.26. The minimum atomic E-state index is -0.427. The average Bonchev–Trinajstić information content (AvgIpc) is 3.32. The summed E-state index contributed by atoms with van der Waals surface area (Å²) in [6.45, 7) is 12.7. The van der Waals surface area contributed by atoms with Crippen molar-refractivity contribution in [3.8, 4) is 5.69 Å². The van der Waals surface area contributed by atoms with Crippen LogP contribution in [0, 0.1) is 19.3 Å². The van der Waals surface area contributed by atoms with Gasteiger partial charge in [0.15, 0.2) is 0 Å². The van der Waals surface area contributed by atoms with Crippen molar-refractivity contribution in [1.82, 2.24) is 4.57 Å². The van der Waals surface area contributed by atoms with Gasteiger partial charge in [0.05, 0.1) is 17.7 Å². The van der Waals surface area contributed by atoms with Crippen molar-refractivity contribution in [1.29, 1.82) is 0 Å². The smallest absolute Gasteiger partial charge is 0.367 e.